The van der Waals surface area contributed by atoms with Gasteiger partial charge in [-0.2, -0.15) is 0 Å². The van der Waals surface area contributed by atoms with Crippen molar-refractivity contribution < 1.29 is 19.1 Å². The first kappa shape index (κ1) is 23.8. The Kier molecular flexibility index (Phi) is 7.82. The number of thioether (sulfide) groups is 1. The number of nitrogens with zero attached hydrogens (tertiary/aromatic N) is 2. The molecule has 1 heterocycles. The van der Waals surface area contributed by atoms with E-state index in [1.54, 1.807) is 24.9 Å². The second kappa shape index (κ2) is 10.2. The van der Waals surface area contributed by atoms with Crippen molar-refractivity contribution in [1.29, 1.82) is 0 Å². The summed E-state index contributed by atoms with van der Waals surface area (Å²) in [5, 5.41) is 12.6. The molecule has 6 nitrogen and oxygen atoms in total. The fourth-order valence-corrected chi connectivity index (χ4v) is 5.51. The summed E-state index contributed by atoms with van der Waals surface area (Å²) in [4.78, 5) is 30.2. The molecular formula is C21H25ClFN3O3S2. The lowest BCUT2D eigenvalue weighted by molar-refractivity contribution is -0.145. The Labute approximate surface area is 194 Å². The second-order valence-electron chi connectivity index (χ2n) is 8.25. The molecule has 2 amide bonds. The van der Waals surface area contributed by atoms with E-state index in [1.165, 1.54) is 41.3 Å². The zero-order chi connectivity index (χ0) is 22.6. The Balaban J connectivity index is 1.71. The highest BCUT2D eigenvalue weighted by Crippen LogP contribution is 2.35. The quantitative estimate of drug-likeness (QED) is 0.424. The van der Waals surface area contributed by atoms with E-state index in [0.717, 1.165) is 29.9 Å². The van der Waals surface area contributed by atoms with E-state index in [2.05, 4.69) is 10.3 Å². The van der Waals surface area contributed by atoms with Crippen molar-refractivity contribution >= 4 is 57.5 Å². The number of hydrogen-bond donors (Lipinski definition) is 2. The number of rotatable bonds is 8. The van der Waals surface area contributed by atoms with Gasteiger partial charge < -0.3 is 5.11 Å². The summed E-state index contributed by atoms with van der Waals surface area (Å²) < 4.78 is 14.3. The number of anilines is 2. The maximum atomic E-state index is 13.5. The number of urea groups is 1. The van der Waals surface area contributed by atoms with Crippen LogP contribution in [0.4, 0.5) is 20.0 Å². The second-order valence-corrected chi connectivity index (χ2v) is 11.0. The van der Waals surface area contributed by atoms with E-state index in [9.17, 15) is 19.1 Å². The van der Waals surface area contributed by atoms with E-state index in [1.807, 2.05) is 0 Å². The first-order valence-corrected chi connectivity index (χ1v) is 12.2. The lowest BCUT2D eigenvalue weighted by Gasteiger charge is -2.26. The van der Waals surface area contributed by atoms with E-state index >= 15 is 0 Å². The number of amides is 2. The molecule has 0 spiro atoms. The summed E-state index contributed by atoms with van der Waals surface area (Å²) in [5.41, 5.74) is -0.406. The van der Waals surface area contributed by atoms with Gasteiger partial charge in [-0.1, -0.05) is 35.8 Å². The molecule has 0 radical (unpaired) electrons. The Hall–Kier alpha value is -1.84. The summed E-state index contributed by atoms with van der Waals surface area (Å²) in [6, 6.07) is 3.63. The number of carboxylic acids is 1. The smallest absolute Gasteiger partial charge is 0.328 e. The summed E-state index contributed by atoms with van der Waals surface area (Å²) >= 11 is 8.91. The molecule has 1 aromatic heterocycles. The summed E-state index contributed by atoms with van der Waals surface area (Å²) in [7, 11) is 0. The molecule has 168 valence electrons. The van der Waals surface area contributed by atoms with Crippen LogP contribution < -0.4 is 10.2 Å². The van der Waals surface area contributed by atoms with Crippen LogP contribution in [0.25, 0.3) is 0 Å². The van der Waals surface area contributed by atoms with Crippen molar-refractivity contribution in [2.45, 2.75) is 43.7 Å². The Morgan fingerprint density at radius 3 is 2.74 bits per heavy atom. The van der Waals surface area contributed by atoms with E-state index in [0.29, 0.717) is 29.0 Å². The summed E-state index contributed by atoms with van der Waals surface area (Å²) in [6.07, 6.45) is 5.98. The van der Waals surface area contributed by atoms with Gasteiger partial charge in [-0.25, -0.2) is 14.2 Å². The molecule has 1 fully saturated rings. The minimum atomic E-state index is -0.866. The number of aliphatic carboxylic acids is 1. The lowest BCUT2D eigenvalue weighted by Crippen LogP contribution is -2.38. The van der Waals surface area contributed by atoms with Crippen molar-refractivity contribution in [2.75, 3.05) is 22.5 Å². The predicted octanol–water partition coefficient (Wildman–Crippen LogP) is 6.37. The number of carbonyl (C=O) groups is 2. The van der Waals surface area contributed by atoms with Gasteiger partial charge in [-0.05, 0) is 50.8 Å². The fraction of sp³-hybridized carbons (Fsp3) is 0.476. The summed E-state index contributed by atoms with van der Waals surface area (Å²) in [5.74, 6) is -0.568. The van der Waals surface area contributed by atoms with Crippen molar-refractivity contribution in [3.8, 4) is 0 Å². The zero-order valence-corrected chi connectivity index (χ0v) is 19.7. The number of halogens is 2. The van der Waals surface area contributed by atoms with Gasteiger partial charge in [-0.15, -0.1) is 11.8 Å². The lowest BCUT2D eigenvalue weighted by atomic mass is 9.97. The van der Waals surface area contributed by atoms with Gasteiger partial charge in [0.05, 0.1) is 26.5 Å². The van der Waals surface area contributed by atoms with Crippen molar-refractivity contribution in [3.05, 3.63) is 35.2 Å². The van der Waals surface area contributed by atoms with Gasteiger partial charge in [0, 0.05) is 12.3 Å². The van der Waals surface area contributed by atoms with Crippen molar-refractivity contribution in [1.82, 2.24) is 4.98 Å². The molecular weight excluding hydrogens is 461 g/mol. The minimum absolute atomic E-state index is 0.180. The predicted molar refractivity (Wildman–Crippen MR) is 124 cm³/mol. The van der Waals surface area contributed by atoms with Crippen LogP contribution in [0.3, 0.4) is 0 Å². The number of thiazole rings is 1. The largest absolute Gasteiger partial charge is 0.481 e. The number of hydrogen-bond acceptors (Lipinski definition) is 5. The van der Waals surface area contributed by atoms with Gasteiger partial charge in [0.15, 0.2) is 5.13 Å². The zero-order valence-electron chi connectivity index (χ0n) is 17.4. The Bertz CT molecular complexity index is 948. The maximum Gasteiger partial charge on any atom is 0.328 e. The van der Waals surface area contributed by atoms with Crippen LogP contribution in [-0.4, -0.2) is 34.4 Å². The molecule has 0 bridgehead atoms. The molecule has 2 aromatic rings. The number of benzene rings is 1. The minimum Gasteiger partial charge on any atom is -0.481 e. The monoisotopic (exact) mass is 485 g/mol. The van der Waals surface area contributed by atoms with Crippen LogP contribution in [0.15, 0.2) is 28.6 Å². The highest BCUT2D eigenvalue weighted by atomic mass is 35.5. The third-order valence-electron chi connectivity index (χ3n) is 5.21. The number of aromatic nitrogens is 1. The molecule has 1 aromatic carbocycles. The van der Waals surface area contributed by atoms with Gasteiger partial charge in [0.1, 0.15) is 5.82 Å². The van der Waals surface area contributed by atoms with Crippen LogP contribution in [0.2, 0.25) is 5.02 Å². The van der Waals surface area contributed by atoms with Crippen LogP contribution in [0.1, 0.15) is 39.5 Å². The third-order valence-corrected chi connectivity index (χ3v) is 8.08. The molecule has 1 aliphatic carbocycles. The first-order valence-electron chi connectivity index (χ1n) is 10.0. The maximum absolute atomic E-state index is 13.5. The highest BCUT2D eigenvalue weighted by Gasteiger charge is 2.28. The molecule has 2 N–H and O–H groups in total. The molecule has 0 unspecified atom stereocenters. The van der Waals surface area contributed by atoms with Crippen LogP contribution in [-0.2, 0) is 4.79 Å². The third kappa shape index (κ3) is 6.33. The number of nitrogens with one attached hydrogen (secondary N) is 1. The highest BCUT2D eigenvalue weighted by molar-refractivity contribution is 8.01. The van der Waals surface area contributed by atoms with E-state index in [-0.39, 0.29) is 11.1 Å². The van der Waals surface area contributed by atoms with Gasteiger partial charge >= 0.3 is 12.0 Å². The molecule has 31 heavy (non-hydrogen) atoms. The molecule has 0 atom stereocenters. The average Bonchev–Trinajstić information content (AvgIpc) is 3.37. The van der Waals surface area contributed by atoms with Gasteiger partial charge in [-0.3, -0.25) is 15.0 Å². The van der Waals surface area contributed by atoms with Crippen LogP contribution in [0, 0.1) is 17.2 Å². The molecule has 1 aliphatic rings. The molecule has 1 saturated carbocycles. The molecule has 3 rings (SSSR count). The SMILES string of the molecule is CC(C)(CSc1cnc(NC(=O)N(CC2CCCC2)c2ccc(F)cc2Cl)s1)C(=O)O. The van der Waals surface area contributed by atoms with Crippen molar-refractivity contribution in [2.24, 2.45) is 11.3 Å². The van der Waals surface area contributed by atoms with E-state index < -0.39 is 17.2 Å². The Morgan fingerprint density at radius 2 is 2.10 bits per heavy atom. The summed E-state index contributed by atoms with van der Waals surface area (Å²) in [6.45, 7) is 3.83. The Morgan fingerprint density at radius 1 is 1.39 bits per heavy atom. The fourth-order valence-electron chi connectivity index (χ4n) is 3.30. The molecule has 0 saturated heterocycles. The molecule has 0 aliphatic heterocycles. The number of carbonyl (C=O) groups excluding carboxylic acids is 1. The van der Waals surface area contributed by atoms with Gasteiger partial charge in [0.25, 0.3) is 0 Å². The standard InChI is InChI=1S/C21H25ClFN3O3S2/c1-21(2,18(27)28)12-30-17-10-24-19(31-17)25-20(29)26(11-13-5-3-4-6-13)16-8-7-14(23)9-15(16)22/h7-10,13H,3-6,11-12H2,1-2H3,(H,27,28)(H,24,25,29). The first-order chi connectivity index (χ1) is 14.7. The van der Waals surface area contributed by atoms with Crippen LogP contribution >= 0.6 is 34.7 Å². The van der Waals surface area contributed by atoms with Crippen LogP contribution in [0.5, 0.6) is 0 Å². The van der Waals surface area contributed by atoms with Gasteiger partial charge in [0.2, 0.25) is 0 Å². The topological polar surface area (TPSA) is 82.5 Å². The normalized spacial score (nSPS) is 14.6. The number of carboxylic acid groups (broad SMARTS) is 1. The van der Waals surface area contributed by atoms with Crippen molar-refractivity contribution in [3.63, 3.8) is 0 Å². The average molecular weight is 486 g/mol. The van der Waals surface area contributed by atoms with E-state index in [4.69, 9.17) is 11.6 Å². The molecule has 10 heteroatoms.